The van der Waals surface area contributed by atoms with Gasteiger partial charge in [0.05, 0.1) is 19.2 Å². The smallest absolute Gasteiger partial charge is 0.257 e. The predicted molar refractivity (Wildman–Crippen MR) is 111 cm³/mol. The number of anilines is 1. The number of hydrogen-bond acceptors (Lipinski definition) is 7. The number of nitrogens with one attached hydrogen (secondary N) is 2. The van der Waals surface area contributed by atoms with Crippen LogP contribution in [0.5, 0.6) is 17.2 Å². The minimum absolute atomic E-state index is 0.125. The molecule has 154 valence electrons. The molecule has 1 aromatic heterocycles. The maximum atomic E-state index is 12.4. The highest BCUT2D eigenvalue weighted by atomic mass is 32.1. The molecule has 0 spiro atoms. The number of aromatic nitrogens is 1. The molecular weight excluding hydrogens is 406 g/mol. The van der Waals surface area contributed by atoms with Crippen molar-refractivity contribution in [1.29, 1.82) is 0 Å². The molecular formula is C21H19N3O5S. The summed E-state index contributed by atoms with van der Waals surface area (Å²) < 4.78 is 15.7. The lowest BCUT2D eigenvalue weighted by Gasteiger charge is -2.06. The van der Waals surface area contributed by atoms with E-state index in [1.54, 1.807) is 30.7 Å². The van der Waals surface area contributed by atoms with E-state index in [1.807, 2.05) is 24.3 Å². The molecule has 2 N–H and O–H groups in total. The molecule has 0 atom stereocenters. The highest BCUT2D eigenvalue weighted by molar-refractivity contribution is 7.14. The molecule has 8 nitrogen and oxygen atoms in total. The van der Waals surface area contributed by atoms with Crippen LogP contribution < -0.4 is 24.8 Å². The van der Waals surface area contributed by atoms with Gasteiger partial charge in [-0.05, 0) is 35.9 Å². The van der Waals surface area contributed by atoms with Gasteiger partial charge in [-0.3, -0.25) is 14.9 Å². The SMILES string of the molecule is COc1cccc(CNC(=O)Cc2csc(NC(=O)c3ccc4c(c3)OCO4)n2)c1. The van der Waals surface area contributed by atoms with Gasteiger partial charge in [0.25, 0.3) is 5.91 Å². The standard InChI is InChI=1S/C21H19N3O5S/c1-27-16-4-2-3-13(7-16)10-22-19(25)9-15-11-30-21(23-15)24-20(26)14-5-6-17-18(8-14)29-12-28-17/h2-8,11H,9-10,12H2,1H3,(H,22,25)(H,23,24,26). The molecule has 0 bridgehead atoms. The largest absolute Gasteiger partial charge is 0.497 e. The number of hydrogen-bond donors (Lipinski definition) is 2. The third-order valence-corrected chi connectivity index (χ3v) is 5.18. The Bertz CT molecular complexity index is 1080. The molecule has 0 unspecified atom stereocenters. The van der Waals surface area contributed by atoms with Crippen LogP contribution in [0.1, 0.15) is 21.6 Å². The molecule has 0 saturated carbocycles. The first-order chi connectivity index (χ1) is 14.6. The van der Waals surface area contributed by atoms with Gasteiger partial charge in [-0.2, -0.15) is 0 Å². The first kappa shape index (κ1) is 19.7. The molecule has 9 heteroatoms. The Morgan fingerprint density at radius 1 is 1.17 bits per heavy atom. The Morgan fingerprint density at radius 3 is 2.90 bits per heavy atom. The van der Waals surface area contributed by atoms with Crippen LogP contribution in [-0.2, 0) is 17.8 Å². The van der Waals surface area contributed by atoms with Crippen LogP contribution in [0.4, 0.5) is 5.13 Å². The number of rotatable bonds is 7. The van der Waals surface area contributed by atoms with E-state index in [9.17, 15) is 9.59 Å². The van der Waals surface area contributed by atoms with Crippen LogP contribution in [-0.4, -0.2) is 30.7 Å². The van der Waals surface area contributed by atoms with Crippen LogP contribution in [0.25, 0.3) is 0 Å². The van der Waals surface area contributed by atoms with Gasteiger partial charge in [-0.1, -0.05) is 12.1 Å². The fraction of sp³-hybridized carbons (Fsp3) is 0.190. The summed E-state index contributed by atoms with van der Waals surface area (Å²) in [6.07, 6.45) is 0.125. The highest BCUT2D eigenvalue weighted by Crippen LogP contribution is 2.32. The summed E-state index contributed by atoms with van der Waals surface area (Å²) in [5, 5.41) is 7.77. The summed E-state index contributed by atoms with van der Waals surface area (Å²) in [6, 6.07) is 12.5. The minimum atomic E-state index is -0.309. The summed E-state index contributed by atoms with van der Waals surface area (Å²) in [7, 11) is 1.60. The zero-order valence-corrected chi connectivity index (χ0v) is 17.0. The second kappa shape index (κ2) is 8.83. The number of carbonyl (C=O) groups excluding carboxylic acids is 2. The van der Waals surface area contributed by atoms with Gasteiger partial charge in [-0.15, -0.1) is 11.3 Å². The average Bonchev–Trinajstić information content (AvgIpc) is 3.41. The van der Waals surface area contributed by atoms with Gasteiger partial charge in [0, 0.05) is 17.5 Å². The van der Waals surface area contributed by atoms with E-state index in [0.29, 0.717) is 34.4 Å². The number of thiazole rings is 1. The minimum Gasteiger partial charge on any atom is -0.497 e. The lowest BCUT2D eigenvalue weighted by atomic mass is 10.2. The van der Waals surface area contributed by atoms with Crippen LogP contribution in [0.2, 0.25) is 0 Å². The summed E-state index contributed by atoms with van der Waals surface area (Å²) in [6.45, 7) is 0.546. The average molecular weight is 425 g/mol. The van der Waals surface area contributed by atoms with E-state index in [1.165, 1.54) is 11.3 Å². The van der Waals surface area contributed by atoms with E-state index in [2.05, 4.69) is 15.6 Å². The number of fused-ring (bicyclic) bond motifs is 1. The molecule has 0 fully saturated rings. The highest BCUT2D eigenvalue weighted by Gasteiger charge is 2.17. The number of methoxy groups -OCH3 is 1. The van der Waals surface area contributed by atoms with Crippen LogP contribution >= 0.6 is 11.3 Å². The van der Waals surface area contributed by atoms with Crippen molar-refractivity contribution in [1.82, 2.24) is 10.3 Å². The molecule has 2 aromatic carbocycles. The van der Waals surface area contributed by atoms with Gasteiger partial charge in [0.15, 0.2) is 16.6 Å². The second-order valence-electron chi connectivity index (χ2n) is 6.47. The van der Waals surface area contributed by atoms with Crippen LogP contribution in [0.3, 0.4) is 0 Å². The summed E-state index contributed by atoms with van der Waals surface area (Å²) >= 11 is 1.26. The van der Waals surface area contributed by atoms with Crippen molar-refractivity contribution in [2.45, 2.75) is 13.0 Å². The van der Waals surface area contributed by atoms with Gasteiger partial charge in [0.1, 0.15) is 5.75 Å². The van der Waals surface area contributed by atoms with Crippen molar-refractivity contribution < 1.29 is 23.8 Å². The first-order valence-electron chi connectivity index (χ1n) is 9.16. The topological polar surface area (TPSA) is 98.8 Å². The number of nitrogens with zero attached hydrogens (tertiary/aromatic N) is 1. The lowest BCUT2D eigenvalue weighted by Crippen LogP contribution is -2.24. The van der Waals surface area contributed by atoms with E-state index >= 15 is 0 Å². The molecule has 30 heavy (non-hydrogen) atoms. The third-order valence-electron chi connectivity index (χ3n) is 4.37. The maximum absolute atomic E-state index is 12.4. The third kappa shape index (κ3) is 4.69. The molecule has 2 heterocycles. The van der Waals surface area contributed by atoms with Crippen molar-refractivity contribution in [3.63, 3.8) is 0 Å². The summed E-state index contributed by atoms with van der Waals surface area (Å²) in [4.78, 5) is 29.0. The molecule has 1 aliphatic heterocycles. The molecule has 0 saturated heterocycles. The van der Waals surface area contributed by atoms with Crippen molar-refractivity contribution >= 4 is 28.3 Å². The maximum Gasteiger partial charge on any atom is 0.257 e. The quantitative estimate of drug-likeness (QED) is 0.604. The van der Waals surface area contributed by atoms with E-state index in [4.69, 9.17) is 14.2 Å². The normalized spacial score (nSPS) is 11.8. The van der Waals surface area contributed by atoms with Crippen molar-refractivity contribution in [3.8, 4) is 17.2 Å². The fourth-order valence-electron chi connectivity index (χ4n) is 2.86. The molecule has 0 aliphatic carbocycles. The first-order valence-corrected chi connectivity index (χ1v) is 10.0. The Balaban J connectivity index is 1.30. The van der Waals surface area contributed by atoms with E-state index in [0.717, 1.165) is 11.3 Å². The summed E-state index contributed by atoms with van der Waals surface area (Å²) in [5.41, 5.74) is 1.97. The number of ether oxygens (including phenoxy) is 3. The van der Waals surface area contributed by atoms with Crippen LogP contribution in [0, 0.1) is 0 Å². The fourth-order valence-corrected chi connectivity index (χ4v) is 3.57. The number of benzene rings is 2. The van der Waals surface area contributed by atoms with Crippen molar-refractivity contribution in [2.75, 3.05) is 19.2 Å². The molecule has 0 radical (unpaired) electrons. The van der Waals surface area contributed by atoms with E-state index in [-0.39, 0.29) is 25.0 Å². The predicted octanol–water partition coefficient (Wildman–Crippen LogP) is 2.99. The summed E-state index contributed by atoms with van der Waals surface area (Å²) in [5.74, 6) is 1.43. The molecule has 3 aromatic rings. The Labute approximate surface area is 176 Å². The van der Waals surface area contributed by atoms with Gasteiger partial charge in [0.2, 0.25) is 12.7 Å². The zero-order valence-electron chi connectivity index (χ0n) is 16.1. The van der Waals surface area contributed by atoms with Gasteiger partial charge in [-0.25, -0.2) is 4.98 Å². The number of carbonyl (C=O) groups is 2. The van der Waals surface area contributed by atoms with Crippen molar-refractivity contribution in [3.05, 3.63) is 64.7 Å². The Hall–Kier alpha value is -3.59. The van der Waals surface area contributed by atoms with Gasteiger partial charge < -0.3 is 19.5 Å². The van der Waals surface area contributed by atoms with Crippen molar-refractivity contribution in [2.24, 2.45) is 0 Å². The number of amides is 2. The Morgan fingerprint density at radius 2 is 2.03 bits per heavy atom. The molecule has 4 rings (SSSR count). The zero-order chi connectivity index (χ0) is 20.9. The lowest BCUT2D eigenvalue weighted by molar-refractivity contribution is -0.120. The molecule has 1 aliphatic rings. The van der Waals surface area contributed by atoms with Gasteiger partial charge >= 0.3 is 0 Å². The van der Waals surface area contributed by atoms with E-state index < -0.39 is 0 Å². The monoisotopic (exact) mass is 425 g/mol. The van der Waals surface area contributed by atoms with Crippen LogP contribution in [0.15, 0.2) is 47.8 Å². The molecule has 2 amide bonds. The Kier molecular flexibility index (Phi) is 5.80. The second-order valence-corrected chi connectivity index (χ2v) is 7.33.